The first kappa shape index (κ1) is 13.8. The van der Waals surface area contributed by atoms with Crippen molar-refractivity contribution in [1.29, 1.82) is 0 Å². The second-order valence-electron chi connectivity index (χ2n) is 4.46. The van der Waals surface area contributed by atoms with Crippen LogP contribution in [-0.4, -0.2) is 42.0 Å². The summed E-state index contributed by atoms with van der Waals surface area (Å²) in [5.74, 6) is -0.373. The molecule has 6 heteroatoms. The maximum absolute atomic E-state index is 12.2. The van der Waals surface area contributed by atoms with Gasteiger partial charge in [-0.1, -0.05) is 11.6 Å². The zero-order chi connectivity index (χ0) is 13.8. The SMILES string of the molecule is COC(=O)C1CCN(C(=O)c2ccnc(Cl)c2)CC1. The van der Waals surface area contributed by atoms with E-state index in [0.717, 1.165) is 0 Å². The molecule has 0 atom stereocenters. The molecule has 0 aliphatic carbocycles. The van der Waals surface area contributed by atoms with Crippen LogP contribution in [0.4, 0.5) is 0 Å². The van der Waals surface area contributed by atoms with E-state index in [0.29, 0.717) is 36.6 Å². The fourth-order valence-electron chi connectivity index (χ4n) is 2.20. The third-order valence-electron chi connectivity index (χ3n) is 3.29. The van der Waals surface area contributed by atoms with E-state index >= 15 is 0 Å². The van der Waals surface area contributed by atoms with Crippen LogP contribution >= 0.6 is 11.6 Å². The fourth-order valence-corrected chi connectivity index (χ4v) is 2.38. The molecule has 2 rings (SSSR count). The van der Waals surface area contributed by atoms with E-state index < -0.39 is 0 Å². The number of hydrogen-bond acceptors (Lipinski definition) is 4. The number of methoxy groups -OCH3 is 1. The monoisotopic (exact) mass is 282 g/mol. The average Bonchev–Trinajstić information content (AvgIpc) is 2.46. The quantitative estimate of drug-likeness (QED) is 0.613. The number of halogens is 1. The summed E-state index contributed by atoms with van der Waals surface area (Å²) < 4.78 is 4.72. The minimum atomic E-state index is -0.195. The number of carbonyl (C=O) groups excluding carboxylic acids is 2. The summed E-state index contributed by atoms with van der Waals surface area (Å²) in [6.45, 7) is 1.11. The van der Waals surface area contributed by atoms with Gasteiger partial charge in [-0.2, -0.15) is 0 Å². The van der Waals surface area contributed by atoms with Crippen LogP contribution in [0, 0.1) is 5.92 Å². The molecule has 0 spiro atoms. The number of esters is 1. The number of likely N-dealkylation sites (tertiary alicyclic amines) is 1. The van der Waals surface area contributed by atoms with Crippen molar-refractivity contribution >= 4 is 23.5 Å². The third-order valence-corrected chi connectivity index (χ3v) is 3.50. The highest BCUT2D eigenvalue weighted by molar-refractivity contribution is 6.29. The van der Waals surface area contributed by atoms with Gasteiger partial charge in [-0.05, 0) is 25.0 Å². The molecule has 1 aromatic heterocycles. The Hall–Kier alpha value is -1.62. The van der Waals surface area contributed by atoms with Crippen molar-refractivity contribution in [3.8, 4) is 0 Å². The summed E-state index contributed by atoms with van der Waals surface area (Å²) in [4.78, 5) is 29.2. The maximum atomic E-state index is 12.2. The van der Waals surface area contributed by atoms with E-state index in [1.165, 1.54) is 13.3 Å². The Balaban J connectivity index is 1.98. The van der Waals surface area contributed by atoms with Gasteiger partial charge >= 0.3 is 5.97 Å². The van der Waals surface area contributed by atoms with E-state index in [-0.39, 0.29) is 17.8 Å². The zero-order valence-corrected chi connectivity index (χ0v) is 11.4. The molecular weight excluding hydrogens is 268 g/mol. The van der Waals surface area contributed by atoms with Gasteiger partial charge in [0.05, 0.1) is 13.0 Å². The Labute approximate surface area is 116 Å². The topological polar surface area (TPSA) is 59.5 Å². The molecule has 0 aromatic carbocycles. The summed E-state index contributed by atoms with van der Waals surface area (Å²) >= 11 is 5.77. The van der Waals surface area contributed by atoms with E-state index in [1.807, 2.05) is 0 Å². The summed E-state index contributed by atoms with van der Waals surface area (Å²) in [7, 11) is 1.39. The normalized spacial score (nSPS) is 16.2. The van der Waals surface area contributed by atoms with Gasteiger partial charge in [0.15, 0.2) is 0 Å². The van der Waals surface area contributed by atoms with E-state index in [4.69, 9.17) is 16.3 Å². The number of nitrogens with zero attached hydrogens (tertiary/aromatic N) is 2. The van der Waals surface area contributed by atoms with Gasteiger partial charge in [0.2, 0.25) is 0 Å². The van der Waals surface area contributed by atoms with Crippen molar-refractivity contribution in [2.24, 2.45) is 5.92 Å². The second-order valence-corrected chi connectivity index (χ2v) is 4.84. The Morgan fingerprint density at radius 1 is 1.42 bits per heavy atom. The highest BCUT2D eigenvalue weighted by Gasteiger charge is 2.28. The fraction of sp³-hybridized carbons (Fsp3) is 0.462. The lowest BCUT2D eigenvalue weighted by Gasteiger charge is -2.30. The molecule has 1 aliphatic rings. The third kappa shape index (κ3) is 3.23. The Kier molecular flexibility index (Phi) is 4.37. The minimum Gasteiger partial charge on any atom is -0.469 e. The predicted octanol–water partition coefficient (Wildman–Crippen LogP) is 1.76. The Morgan fingerprint density at radius 3 is 2.68 bits per heavy atom. The first-order valence-electron chi connectivity index (χ1n) is 6.10. The van der Waals surface area contributed by atoms with Crippen LogP contribution < -0.4 is 0 Å². The molecule has 0 saturated carbocycles. The van der Waals surface area contributed by atoms with Crippen LogP contribution in [-0.2, 0) is 9.53 Å². The standard InChI is InChI=1S/C13H15ClN2O3/c1-19-13(18)9-3-6-16(7-4-9)12(17)10-2-5-15-11(14)8-10/h2,5,8-9H,3-4,6-7H2,1H3. The van der Waals surface area contributed by atoms with Gasteiger partial charge in [0.25, 0.3) is 5.91 Å². The number of carbonyl (C=O) groups is 2. The molecular formula is C13H15ClN2O3. The number of hydrogen-bond donors (Lipinski definition) is 0. The molecule has 1 aliphatic heterocycles. The van der Waals surface area contributed by atoms with Crippen LogP contribution in [0.3, 0.4) is 0 Å². The Bertz CT molecular complexity index is 485. The Morgan fingerprint density at radius 2 is 2.11 bits per heavy atom. The molecule has 1 aromatic rings. The lowest BCUT2D eigenvalue weighted by atomic mass is 9.96. The first-order valence-corrected chi connectivity index (χ1v) is 6.48. The molecule has 0 radical (unpaired) electrons. The first-order chi connectivity index (χ1) is 9.11. The number of piperidine rings is 1. The number of pyridine rings is 1. The molecule has 19 heavy (non-hydrogen) atoms. The molecule has 2 heterocycles. The second kappa shape index (κ2) is 6.02. The molecule has 1 fully saturated rings. The highest BCUT2D eigenvalue weighted by atomic mass is 35.5. The number of ether oxygens (including phenoxy) is 1. The van der Waals surface area contributed by atoms with Crippen LogP contribution in [0.25, 0.3) is 0 Å². The number of amides is 1. The predicted molar refractivity (Wildman–Crippen MR) is 69.9 cm³/mol. The highest BCUT2D eigenvalue weighted by Crippen LogP contribution is 2.20. The minimum absolute atomic E-state index is 0.0763. The van der Waals surface area contributed by atoms with E-state index in [1.54, 1.807) is 17.0 Å². The largest absolute Gasteiger partial charge is 0.469 e. The van der Waals surface area contributed by atoms with Crippen molar-refractivity contribution in [1.82, 2.24) is 9.88 Å². The maximum Gasteiger partial charge on any atom is 0.308 e. The summed E-state index contributed by atoms with van der Waals surface area (Å²) in [5.41, 5.74) is 0.525. The molecule has 0 bridgehead atoms. The van der Waals surface area contributed by atoms with Gasteiger partial charge in [-0.15, -0.1) is 0 Å². The average molecular weight is 283 g/mol. The van der Waals surface area contributed by atoms with Crippen molar-refractivity contribution in [2.75, 3.05) is 20.2 Å². The zero-order valence-electron chi connectivity index (χ0n) is 10.6. The molecule has 0 N–H and O–H groups in total. The van der Waals surface area contributed by atoms with Crippen LogP contribution in [0.2, 0.25) is 5.15 Å². The number of rotatable bonds is 2. The molecule has 102 valence electrons. The molecule has 1 saturated heterocycles. The van der Waals surface area contributed by atoms with E-state index in [9.17, 15) is 9.59 Å². The van der Waals surface area contributed by atoms with Gasteiger partial charge in [-0.3, -0.25) is 9.59 Å². The molecule has 0 unspecified atom stereocenters. The van der Waals surface area contributed by atoms with Crippen molar-refractivity contribution in [3.63, 3.8) is 0 Å². The van der Waals surface area contributed by atoms with Crippen LogP contribution in [0.15, 0.2) is 18.3 Å². The van der Waals surface area contributed by atoms with Crippen molar-refractivity contribution in [2.45, 2.75) is 12.8 Å². The van der Waals surface area contributed by atoms with Crippen LogP contribution in [0.5, 0.6) is 0 Å². The van der Waals surface area contributed by atoms with Crippen LogP contribution in [0.1, 0.15) is 23.2 Å². The van der Waals surface area contributed by atoms with Crippen molar-refractivity contribution < 1.29 is 14.3 Å². The van der Waals surface area contributed by atoms with Gasteiger partial charge in [0.1, 0.15) is 5.15 Å². The van der Waals surface area contributed by atoms with E-state index in [2.05, 4.69) is 4.98 Å². The lowest BCUT2D eigenvalue weighted by Crippen LogP contribution is -2.40. The number of aromatic nitrogens is 1. The summed E-state index contributed by atoms with van der Waals surface area (Å²) in [6, 6.07) is 3.19. The van der Waals surface area contributed by atoms with Gasteiger partial charge in [0, 0.05) is 24.8 Å². The lowest BCUT2D eigenvalue weighted by molar-refractivity contribution is -0.146. The molecule has 1 amide bonds. The summed E-state index contributed by atoms with van der Waals surface area (Å²) in [6.07, 6.45) is 2.78. The van der Waals surface area contributed by atoms with Crippen molar-refractivity contribution in [3.05, 3.63) is 29.0 Å². The summed E-state index contributed by atoms with van der Waals surface area (Å²) in [5, 5.41) is 0.301. The van der Waals surface area contributed by atoms with Gasteiger partial charge < -0.3 is 9.64 Å². The molecule has 5 nitrogen and oxygen atoms in total. The van der Waals surface area contributed by atoms with Gasteiger partial charge in [-0.25, -0.2) is 4.98 Å². The smallest absolute Gasteiger partial charge is 0.308 e.